The summed E-state index contributed by atoms with van der Waals surface area (Å²) in [5.74, 6) is 0. The van der Waals surface area contributed by atoms with E-state index in [2.05, 4.69) is 4.90 Å². The van der Waals surface area contributed by atoms with Crippen LogP contribution >= 0.6 is 22.9 Å². The monoisotopic (exact) mass is 233 g/mol. The van der Waals surface area contributed by atoms with Crippen LogP contribution in [0.1, 0.15) is 18.7 Å². The van der Waals surface area contributed by atoms with Crippen molar-refractivity contribution in [2.45, 2.75) is 26.0 Å². The SMILES string of the molecule is CN(Cc1ccc(Cl)s1)CC(C)(C)O. The second-order valence-electron chi connectivity index (χ2n) is 4.19. The summed E-state index contributed by atoms with van der Waals surface area (Å²) in [6.45, 7) is 5.11. The van der Waals surface area contributed by atoms with Gasteiger partial charge < -0.3 is 5.11 Å². The van der Waals surface area contributed by atoms with Crippen LogP contribution in [0, 0.1) is 0 Å². The Morgan fingerprint density at radius 3 is 2.57 bits per heavy atom. The molecule has 1 aromatic heterocycles. The Morgan fingerprint density at radius 2 is 2.14 bits per heavy atom. The van der Waals surface area contributed by atoms with Crippen molar-refractivity contribution in [1.29, 1.82) is 0 Å². The zero-order chi connectivity index (χ0) is 10.8. The number of likely N-dealkylation sites (N-methyl/N-ethyl adjacent to an activating group) is 1. The molecule has 2 nitrogen and oxygen atoms in total. The van der Waals surface area contributed by atoms with E-state index >= 15 is 0 Å². The van der Waals surface area contributed by atoms with Gasteiger partial charge in [0.2, 0.25) is 0 Å². The molecule has 0 saturated carbocycles. The third kappa shape index (κ3) is 4.42. The third-order valence-electron chi connectivity index (χ3n) is 1.71. The molecule has 1 heterocycles. The van der Waals surface area contributed by atoms with Crippen LogP contribution in [-0.2, 0) is 6.54 Å². The van der Waals surface area contributed by atoms with E-state index in [-0.39, 0.29) is 0 Å². The Balaban J connectivity index is 2.45. The highest BCUT2D eigenvalue weighted by atomic mass is 35.5. The Kier molecular flexibility index (Phi) is 3.95. The molecule has 80 valence electrons. The van der Waals surface area contributed by atoms with Crippen LogP contribution in [0.2, 0.25) is 4.34 Å². The predicted octanol–water partition coefficient (Wildman–Crippen LogP) is 2.60. The summed E-state index contributed by atoms with van der Waals surface area (Å²) in [6, 6.07) is 3.92. The zero-order valence-electron chi connectivity index (χ0n) is 8.75. The molecule has 0 spiro atoms. The lowest BCUT2D eigenvalue weighted by Crippen LogP contribution is -2.35. The third-order valence-corrected chi connectivity index (χ3v) is 2.93. The molecular weight excluding hydrogens is 218 g/mol. The second-order valence-corrected chi connectivity index (χ2v) is 5.99. The first-order valence-corrected chi connectivity index (χ1v) is 5.71. The van der Waals surface area contributed by atoms with Crippen LogP contribution in [-0.4, -0.2) is 29.2 Å². The van der Waals surface area contributed by atoms with Crippen molar-refractivity contribution in [2.75, 3.05) is 13.6 Å². The van der Waals surface area contributed by atoms with E-state index in [9.17, 15) is 5.11 Å². The van der Waals surface area contributed by atoms with Crippen LogP contribution in [0.4, 0.5) is 0 Å². The maximum absolute atomic E-state index is 9.61. The smallest absolute Gasteiger partial charge is 0.0931 e. The van der Waals surface area contributed by atoms with Gasteiger partial charge in [-0.05, 0) is 33.0 Å². The Labute approximate surface area is 94.1 Å². The number of hydrogen-bond donors (Lipinski definition) is 1. The largest absolute Gasteiger partial charge is 0.389 e. The molecule has 0 aliphatic carbocycles. The van der Waals surface area contributed by atoms with E-state index in [0.29, 0.717) is 6.54 Å². The quantitative estimate of drug-likeness (QED) is 0.864. The number of rotatable bonds is 4. The van der Waals surface area contributed by atoms with Gasteiger partial charge in [0.25, 0.3) is 0 Å². The normalized spacial score (nSPS) is 12.4. The number of hydrogen-bond acceptors (Lipinski definition) is 3. The van der Waals surface area contributed by atoms with Gasteiger partial charge in [0.15, 0.2) is 0 Å². The molecule has 0 aromatic carbocycles. The van der Waals surface area contributed by atoms with Crippen LogP contribution in [0.25, 0.3) is 0 Å². The fourth-order valence-corrected chi connectivity index (χ4v) is 2.59. The first-order valence-electron chi connectivity index (χ1n) is 4.52. The lowest BCUT2D eigenvalue weighted by atomic mass is 10.1. The average molecular weight is 234 g/mol. The summed E-state index contributed by atoms with van der Waals surface area (Å²) in [4.78, 5) is 3.31. The standard InChI is InChI=1S/C10H16ClNOS/c1-10(2,13)7-12(3)6-8-4-5-9(11)14-8/h4-5,13H,6-7H2,1-3H3. The minimum atomic E-state index is -0.643. The van der Waals surface area contributed by atoms with Crippen molar-refractivity contribution >= 4 is 22.9 Å². The maximum atomic E-state index is 9.61. The average Bonchev–Trinajstić information content (AvgIpc) is 2.30. The summed E-state index contributed by atoms with van der Waals surface area (Å²) >= 11 is 7.41. The summed E-state index contributed by atoms with van der Waals surface area (Å²) in [7, 11) is 1.99. The van der Waals surface area contributed by atoms with Crippen LogP contribution < -0.4 is 0 Å². The minimum Gasteiger partial charge on any atom is -0.389 e. The van der Waals surface area contributed by atoms with Gasteiger partial charge in [-0.15, -0.1) is 11.3 Å². The maximum Gasteiger partial charge on any atom is 0.0931 e. The Hall–Kier alpha value is -0.0900. The molecule has 0 fully saturated rings. The zero-order valence-corrected chi connectivity index (χ0v) is 10.3. The highest BCUT2D eigenvalue weighted by molar-refractivity contribution is 7.16. The van der Waals surface area contributed by atoms with Crippen molar-refractivity contribution < 1.29 is 5.11 Å². The molecule has 0 amide bonds. The van der Waals surface area contributed by atoms with E-state index in [1.54, 1.807) is 11.3 Å². The van der Waals surface area contributed by atoms with Gasteiger partial charge >= 0.3 is 0 Å². The van der Waals surface area contributed by atoms with E-state index in [1.807, 2.05) is 33.0 Å². The lowest BCUT2D eigenvalue weighted by Gasteiger charge is -2.24. The van der Waals surface area contributed by atoms with Crippen LogP contribution in [0.15, 0.2) is 12.1 Å². The van der Waals surface area contributed by atoms with Crippen molar-refractivity contribution in [1.82, 2.24) is 4.90 Å². The molecule has 0 aliphatic heterocycles. The van der Waals surface area contributed by atoms with Gasteiger partial charge in [0.1, 0.15) is 0 Å². The predicted molar refractivity (Wildman–Crippen MR) is 62.0 cm³/mol. The lowest BCUT2D eigenvalue weighted by molar-refractivity contribution is 0.0427. The van der Waals surface area contributed by atoms with Gasteiger partial charge in [-0.1, -0.05) is 11.6 Å². The Bertz CT molecular complexity index is 293. The highest BCUT2D eigenvalue weighted by Gasteiger charge is 2.15. The van der Waals surface area contributed by atoms with E-state index in [1.165, 1.54) is 4.88 Å². The van der Waals surface area contributed by atoms with Gasteiger partial charge in [0, 0.05) is 18.0 Å². The van der Waals surface area contributed by atoms with Crippen molar-refractivity contribution in [3.63, 3.8) is 0 Å². The topological polar surface area (TPSA) is 23.5 Å². The molecule has 0 aliphatic rings. The van der Waals surface area contributed by atoms with E-state index < -0.39 is 5.60 Å². The summed E-state index contributed by atoms with van der Waals surface area (Å²) in [6.07, 6.45) is 0. The van der Waals surface area contributed by atoms with Gasteiger partial charge in [-0.3, -0.25) is 4.90 Å². The van der Waals surface area contributed by atoms with Gasteiger partial charge in [0.05, 0.1) is 9.94 Å². The number of halogens is 1. The molecule has 1 aromatic rings. The summed E-state index contributed by atoms with van der Waals surface area (Å²) in [5.41, 5.74) is -0.643. The number of nitrogens with zero attached hydrogens (tertiary/aromatic N) is 1. The van der Waals surface area contributed by atoms with Crippen LogP contribution in [0.5, 0.6) is 0 Å². The molecule has 0 saturated heterocycles. The molecule has 1 N–H and O–H groups in total. The highest BCUT2D eigenvalue weighted by Crippen LogP contribution is 2.22. The van der Waals surface area contributed by atoms with E-state index in [4.69, 9.17) is 11.6 Å². The molecule has 1 rings (SSSR count). The van der Waals surface area contributed by atoms with Crippen molar-refractivity contribution in [2.24, 2.45) is 0 Å². The summed E-state index contributed by atoms with van der Waals surface area (Å²) in [5, 5.41) is 9.61. The minimum absolute atomic E-state index is 0.643. The number of thiophene rings is 1. The Morgan fingerprint density at radius 1 is 1.50 bits per heavy atom. The first kappa shape index (κ1) is 12.0. The second kappa shape index (κ2) is 4.62. The molecule has 4 heteroatoms. The number of aliphatic hydroxyl groups is 1. The van der Waals surface area contributed by atoms with Crippen molar-refractivity contribution in [3.8, 4) is 0 Å². The van der Waals surface area contributed by atoms with Gasteiger partial charge in [-0.25, -0.2) is 0 Å². The van der Waals surface area contributed by atoms with Gasteiger partial charge in [-0.2, -0.15) is 0 Å². The molecule has 0 atom stereocenters. The molecule has 0 bridgehead atoms. The fraction of sp³-hybridized carbons (Fsp3) is 0.600. The fourth-order valence-electron chi connectivity index (χ4n) is 1.42. The van der Waals surface area contributed by atoms with Crippen LogP contribution in [0.3, 0.4) is 0 Å². The first-order chi connectivity index (χ1) is 6.37. The molecule has 0 unspecified atom stereocenters. The molecular formula is C10H16ClNOS. The van der Waals surface area contributed by atoms with Crippen molar-refractivity contribution in [3.05, 3.63) is 21.3 Å². The van der Waals surface area contributed by atoms with E-state index in [0.717, 1.165) is 10.9 Å². The molecule has 14 heavy (non-hydrogen) atoms. The molecule has 0 radical (unpaired) electrons. The summed E-state index contributed by atoms with van der Waals surface area (Å²) < 4.78 is 0.816.